The van der Waals surface area contributed by atoms with Gasteiger partial charge < -0.3 is 0 Å². The molecule has 0 bridgehead atoms. The van der Waals surface area contributed by atoms with E-state index in [1.54, 1.807) is 0 Å². The monoisotopic (exact) mass is 305 g/mol. The van der Waals surface area contributed by atoms with Gasteiger partial charge in [-0.1, -0.05) is 12.1 Å². The minimum Gasteiger partial charge on any atom is -0.205 e. The molecule has 0 saturated heterocycles. The Morgan fingerprint density at radius 2 is 1.45 bits per heavy atom. The largest absolute Gasteiger partial charge is 0.254 e. The lowest BCUT2D eigenvalue weighted by Gasteiger charge is -1.98. The zero-order chi connectivity index (χ0) is 14.7. The van der Waals surface area contributed by atoms with Crippen LogP contribution in [-0.4, -0.2) is 4.98 Å². The van der Waals surface area contributed by atoms with E-state index in [1.165, 1.54) is 18.2 Å². The van der Waals surface area contributed by atoms with E-state index in [1.807, 2.05) is 0 Å². The van der Waals surface area contributed by atoms with Crippen LogP contribution in [0.3, 0.4) is 0 Å². The van der Waals surface area contributed by atoms with Gasteiger partial charge in [0.2, 0.25) is 11.6 Å². The van der Waals surface area contributed by atoms with Gasteiger partial charge in [-0.15, -0.1) is 0 Å². The van der Waals surface area contributed by atoms with Crippen molar-refractivity contribution in [2.24, 2.45) is 8.73 Å². The van der Waals surface area contributed by atoms with Crippen molar-refractivity contribution in [3.63, 3.8) is 0 Å². The van der Waals surface area contributed by atoms with Gasteiger partial charge in [0, 0.05) is 0 Å². The molecule has 0 aliphatic carbocycles. The Morgan fingerprint density at radius 3 is 2.05 bits per heavy atom. The molecule has 0 amide bonds. The molecule has 2 rings (SSSR count). The Kier molecular flexibility index (Phi) is 4.18. The van der Waals surface area contributed by atoms with Crippen molar-refractivity contribution in [2.45, 2.75) is 0 Å². The summed E-state index contributed by atoms with van der Waals surface area (Å²) in [5.41, 5.74) is -1.34. The topological polar surface area (TPSA) is 37.6 Å². The van der Waals surface area contributed by atoms with E-state index in [0.717, 1.165) is 6.07 Å². The Bertz CT molecular complexity index is 702. The lowest BCUT2D eigenvalue weighted by Crippen LogP contribution is -1.98. The van der Waals surface area contributed by atoms with Crippen LogP contribution in [0.1, 0.15) is 0 Å². The number of benzene rings is 1. The fourth-order valence-electron chi connectivity index (χ4n) is 1.19. The van der Waals surface area contributed by atoms with Crippen LogP contribution in [0, 0.1) is 29.3 Å². The third-order valence-corrected chi connectivity index (χ3v) is 2.64. The van der Waals surface area contributed by atoms with Crippen molar-refractivity contribution >= 4 is 22.7 Å². The summed E-state index contributed by atoms with van der Waals surface area (Å²) < 4.78 is 71.8. The van der Waals surface area contributed by atoms with Crippen LogP contribution in [0.5, 0.6) is 0 Å². The summed E-state index contributed by atoms with van der Waals surface area (Å²) >= 11 is 0.188. The maximum Gasteiger partial charge on any atom is 0.254 e. The molecule has 0 spiro atoms. The van der Waals surface area contributed by atoms with Crippen LogP contribution in [0.15, 0.2) is 33.0 Å². The summed E-state index contributed by atoms with van der Waals surface area (Å²) in [7, 11) is 0. The molecule has 0 N–H and O–H groups in total. The highest BCUT2D eigenvalue weighted by Crippen LogP contribution is 2.25. The second-order valence-electron chi connectivity index (χ2n) is 3.39. The van der Waals surface area contributed by atoms with Crippen LogP contribution in [0.25, 0.3) is 0 Å². The fraction of sp³-hybridized carbons (Fsp3) is 0. The third-order valence-electron chi connectivity index (χ3n) is 2.10. The lowest BCUT2D eigenvalue weighted by atomic mass is 10.3. The number of hydrogen-bond acceptors (Lipinski definition) is 3. The first kappa shape index (κ1) is 14.3. The average Bonchev–Trinajstić information content (AvgIpc) is 2.42. The predicted octanol–water partition coefficient (Wildman–Crippen LogP) is 4.19. The Labute approximate surface area is 113 Å². The van der Waals surface area contributed by atoms with Gasteiger partial charge in [0.1, 0.15) is 11.5 Å². The summed E-state index contributed by atoms with van der Waals surface area (Å²) in [5, 5.41) is 0. The molecule has 1 heterocycles. The van der Waals surface area contributed by atoms with Crippen molar-refractivity contribution in [3.8, 4) is 0 Å². The molecule has 0 radical (unpaired) electrons. The number of aromatic nitrogens is 1. The second-order valence-corrected chi connectivity index (χ2v) is 3.91. The predicted molar refractivity (Wildman–Crippen MR) is 62.0 cm³/mol. The van der Waals surface area contributed by atoms with Crippen molar-refractivity contribution in [1.82, 2.24) is 4.98 Å². The average molecular weight is 305 g/mol. The normalized spacial score (nSPS) is 10.2. The van der Waals surface area contributed by atoms with Crippen molar-refractivity contribution in [3.05, 3.63) is 53.6 Å². The highest BCUT2D eigenvalue weighted by Gasteiger charge is 2.20. The van der Waals surface area contributed by atoms with Gasteiger partial charge >= 0.3 is 0 Å². The molecule has 3 nitrogen and oxygen atoms in total. The van der Waals surface area contributed by atoms with E-state index in [2.05, 4.69) is 13.7 Å². The molecule has 0 atom stereocenters. The minimum atomic E-state index is -1.82. The van der Waals surface area contributed by atoms with Gasteiger partial charge in [0.05, 0.1) is 11.4 Å². The molecule has 104 valence electrons. The molecule has 0 aliphatic rings. The van der Waals surface area contributed by atoms with Crippen LogP contribution < -0.4 is 0 Å². The summed E-state index contributed by atoms with van der Waals surface area (Å²) in [6.07, 6.45) is 0. The summed E-state index contributed by atoms with van der Waals surface area (Å²) in [4.78, 5) is 2.37. The second kappa shape index (κ2) is 5.87. The molecule has 0 unspecified atom stereocenters. The fourth-order valence-corrected chi connectivity index (χ4v) is 1.71. The summed E-state index contributed by atoms with van der Waals surface area (Å²) in [6, 6.07) is 5.31. The number of nitrogens with zero attached hydrogens (tertiary/aromatic N) is 3. The highest BCUT2D eigenvalue weighted by atomic mass is 32.1. The van der Waals surface area contributed by atoms with E-state index < -0.39 is 35.0 Å². The highest BCUT2D eigenvalue weighted by molar-refractivity contribution is 7.57. The van der Waals surface area contributed by atoms with Gasteiger partial charge in [-0.2, -0.15) is 31.3 Å². The van der Waals surface area contributed by atoms with Crippen molar-refractivity contribution < 1.29 is 22.0 Å². The first-order chi connectivity index (χ1) is 9.50. The van der Waals surface area contributed by atoms with Crippen molar-refractivity contribution in [1.29, 1.82) is 0 Å². The number of rotatable bonds is 2. The molecule has 0 fully saturated rings. The molecular formula is C11H4F5N3S. The van der Waals surface area contributed by atoms with Crippen LogP contribution in [0.4, 0.5) is 33.3 Å². The Balaban J connectivity index is 2.45. The van der Waals surface area contributed by atoms with Gasteiger partial charge in [-0.3, -0.25) is 0 Å². The quantitative estimate of drug-likeness (QED) is 0.605. The van der Waals surface area contributed by atoms with Crippen molar-refractivity contribution in [2.75, 3.05) is 0 Å². The van der Waals surface area contributed by atoms with E-state index in [9.17, 15) is 22.0 Å². The third kappa shape index (κ3) is 2.87. The number of pyridine rings is 1. The summed E-state index contributed by atoms with van der Waals surface area (Å²) in [6.45, 7) is 0. The molecule has 1 aromatic carbocycles. The molecular weight excluding hydrogens is 301 g/mol. The first-order valence-corrected chi connectivity index (χ1v) is 5.76. The van der Waals surface area contributed by atoms with E-state index in [0.29, 0.717) is 0 Å². The number of hydrogen-bond donors (Lipinski definition) is 0. The number of halogens is 5. The zero-order valence-corrected chi connectivity index (χ0v) is 10.3. The molecule has 2 aromatic rings. The van der Waals surface area contributed by atoms with Gasteiger partial charge in [-0.05, 0) is 12.1 Å². The molecule has 1 aromatic heterocycles. The van der Waals surface area contributed by atoms with Gasteiger partial charge in [0.15, 0.2) is 5.69 Å². The molecule has 9 heteroatoms. The lowest BCUT2D eigenvalue weighted by molar-refractivity contribution is 0.410. The van der Waals surface area contributed by atoms with Crippen LogP contribution >= 0.6 is 0 Å². The zero-order valence-electron chi connectivity index (χ0n) is 9.45. The van der Waals surface area contributed by atoms with Crippen LogP contribution in [-0.2, 0) is 11.4 Å². The van der Waals surface area contributed by atoms with E-state index in [4.69, 9.17) is 0 Å². The van der Waals surface area contributed by atoms with E-state index >= 15 is 0 Å². The maximum atomic E-state index is 13.2. The first-order valence-electron chi connectivity index (χ1n) is 5.03. The van der Waals surface area contributed by atoms with E-state index in [-0.39, 0.29) is 17.0 Å². The SMILES string of the molecule is Fc1ccccc1N=S=Nc1c(F)c(F)nc(F)c1F. The van der Waals surface area contributed by atoms with Gasteiger partial charge in [-0.25, -0.2) is 4.39 Å². The Hall–Kier alpha value is -2.16. The minimum absolute atomic E-state index is 0.128. The molecule has 0 aliphatic heterocycles. The standard InChI is InChI=1S/C11H4F5N3S/c12-5-3-1-2-4-6(5)18-20-19-9-7(13)10(15)17-11(16)8(9)14/h1-4H. The van der Waals surface area contributed by atoms with Crippen LogP contribution in [0.2, 0.25) is 0 Å². The molecule has 0 saturated carbocycles. The summed E-state index contributed by atoms with van der Waals surface area (Å²) in [5.74, 6) is -7.83. The maximum absolute atomic E-state index is 13.2. The Morgan fingerprint density at radius 1 is 0.850 bits per heavy atom. The van der Waals surface area contributed by atoms with Gasteiger partial charge in [0.25, 0.3) is 11.9 Å². The molecule has 20 heavy (non-hydrogen) atoms. The smallest absolute Gasteiger partial charge is 0.205 e.